The molecule has 9 nitrogen and oxygen atoms in total. The lowest BCUT2D eigenvalue weighted by atomic mass is 10.2. The van der Waals surface area contributed by atoms with Crippen molar-refractivity contribution in [2.24, 2.45) is 5.92 Å². The van der Waals surface area contributed by atoms with Crippen LogP contribution < -0.4 is 5.32 Å². The highest BCUT2D eigenvalue weighted by molar-refractivity contribution is 7.53. The summed E-state index contributed by atoms with van der Waals surface area (Å²) in [7, 11) is -3.32. The Morgan fingerprint density at radius 2 is 1.80 bits per heavy atom. The smallest absolute Gasteiger partial charge is 0.415 e. The molecule has 0 aliphatic carbocycles. The van der Waals surface area contributed by atoms with Crippen molar-refractivity contribution < 1.29 is 37.8 Å². The first-order chi connectivity index (χ1) is 11.7. The number of amides is 1. The molecule has 0 spiro atoms. The zero-order valence-corrected chi connectivity index (χ0v) is 14.9. The molecule has 25 heavy (non-hydrogen) atoms. The van der Waals surface area contributed by atoms with Gasteiger partial charge >= 0.3 is 25.6 Å². The predicted octanol–water partition coefficient (Wildman–Crippen LogP) is 1.91. The fraction of sp³-hybridized carbons (Fsp3) is 0.400. The molecule has 0 aliphatic heterocycles. The Kier molecular flexibility index (Phi) is 7.76. The van der Waals surface area contributed by atoms with Crippen molar-refractivity contribution in [2.45, 2.75) is 19.6 Å². The highest BCUT2D eigenvalue weighted by Crippen LogP contribution is 2.49. The van der Waals surface area contributed by atoms with Crippen molar-refractivity contribution in [3.63, 3.8) is 0 Å². The highest BCUT2D eigenvalue weighted by Gasteiger charge is 2.38. The van der Waals surface area contributed by atoms with Gasteiger partial charge in [-0.3, -0.25) is 9.09 Å². The average Bonchev–Trinajstić information content (AvgIpc) is 2.57. The summed E-state index contributed by atoms with van der Waals surface area (Å²) in [6, 6.07) is 7.77. The molecule has 1 aromatic rings. The van der Waals surface area contributed by atoms with Gasteiger partial charge in [-0.05, 0) is 18.1 Å². The summed E-state index contributed by atoms with van der Waals surface area (Å²) in [5.74, 6) is -3.69. The van der Waals surface area contributed by atoms with E-state index in [1.807, 2.05) is 0 Å². The summed E-state index contributed by atoms with van der Waals surface area (Å²) in [4.78, 5) is 44.7. The van der Waals surface area contributed by atoms with Crippen LogP contribution in [0.1, 0.15) is 24.2 Å². The van der Waals surface area contributed by atoms with Crippen LogP contribution >= 0.6 is 7.60 Å². The molecule has 0 saturated heterocycles. The van der Waals surface area contributed by atoms with Crippen LogP contribution in [-0.4, -0.2) is 42.4 Å². The van der Waals surface area contributed by atoms with E-state index in [2.05, 4.69) is 19.3 Å². The third kappa shape index (κ3) is 6.66. The van der Waals surface area contributed by atoms with Gasteiger partial charge in [0.15, 0.2) is 6.61 Å². The van der Waals surface area contributed by atoms with Crippen LogP contribution in [0.4, 0.5) is 4.79 Å². The van der Waals surface area contributed by atoms with E-state index in [-0.39, 0.29) is 5.56 Å². The predicted molar refractivity (Wildman–Crippen MR) is 86.8 cm³/mol. The highest BCUT2D eigenvalue weighted by atomic mass is 31.2. The molecule has 1 unspecified atom stereocenters. The molecule has 0 radical (unpaired) electrons. The van der Waals surface area contributed by atoms with Gasteiger partial charge in [0.2, 0.25) is 0 Å². The quantitative estimate of drug-likeness (QED) is 0.421. The maximum Gasteiger partial charge on any atom is 0.415 e. The Bertz CT molecular complexity index is 661. The summed E-state index contributed by atoms with van der Waals surface area (Å²) in [6.45, 7) is 2.34. The molecule has 0 bridgehead atoms. The lowest BCUT2D eigenvalue weighted by Gasteiger charge is -2.25. The number of ether oxygens (including phenoxy) is 2. The molecule has 0 heterocycles. The molecule has 10 heteroatoms. The number of esters is 2. The van der Waals surface area contributed by atoms with Crippen LogP contribution in [-0.2, 0) is 23.4 Å². The van der Waals surface area contributed by atoms with Gasteiger partial charge < -0.3 is 19.7 Å². The van der Waals surface area contributed by atoms with Crippen molar-refractivity contribution >= 4 is 25.6 Å². The third-order valence-corrected chi connectivity index (χ3v) is 4.97. The van der Waals surface area contributed by atoms with Crippen molar-refractivity contribution in [1.29, 1.82) is 0 Å². The number of hydrogen-bond donors (Lipinski definition) is 2. The number of nitrogens with one attached hydrogen (secondary N) is 1. The van der Waals surface area contributed by atoms with Gasteiger partial charge in [0, 0.05) is 0 Å². The summed E-state index contributed by atoms with van der Waals surface area (Å²) < 4.78 is 25.8. The first-order valence-electron chi connectivity index (χ1n) is 7.29. The normalized spacial score (nSPS) is 14.3. The van der Waals surface area contributed by atoms with E-state index in [0.717, 1.165) is 7.11 Å². The van der Waals surface area contributed by atoms with Crippen LogP contribution in [0.5, 0.6) is 0 Å². The Morgan fingerprint density at radius 1 is 1.20 bits per heavy atom. The van der Waals surface area contributed by atoms with E-state index in [0.29, 0.717) is 0 Å². The third-order valence-electron chi connectivity index (χ3n) is 3.04. The molecule has 1 aromatic carbocycles. The molecule has 0 aliphatic rings. The lowest BCUT2D eigenvalue weighted by Crippen LogP contribution is -2.40. The summed E-state index contributed by atoms with van der Waals surface area (Å²) in [5.41, 5.74) is 0.146. The Labute approximate surface area is 144 Å². The number of carbonyl (C=O) groups is 3. The number of benzene rings is 1. The number of methoxy groups -OCH3 is 1. The molecule has 138 valence electrons. The SMILES string of the molecule is COC(=O)COP(=O)(O)[C@H](NC(=O)OC(=O)c1ccccc1)C(C)C. The van der Waals surface area contributed by atoms with Crippen LogP contribution in [0.15, 0.2) is 30.3 Å². The van der Waals surface area contributed by atoms with Gasteiger partial charge in [0.05, 0.1) is 12.7 Å². The first-order valence-corrected chi connectivity index (χ1v) is 8.93. The largest absolute Gasteiger partial charge is 0.467 e. The molecule has 0 saturated carbocycles. The molecular formula is C15H20NO8P. The summed E-state index contributed by atoms with van der Waals surface area (Å²) >= 11 is 0. The van der Waals surface area contributed by atoms with E-state index < -0.39 is 43.9 Å². The average molecular weight is 373 g/mol. The number of hydrogen-bond acceptors (Lipinski definition) is 7. The van der Waals surface area contributed by atoms with E-state index in [9.17, 15) is 23.8 Å². The van der Waals surface area contributed by atoms with E-state index in [1.165, 1.54) is 12.1 Å². The fourth-order valence-electron chi connectivity index (χ4n) is 1.78. The lowest BCUT2D eigenvalue weighted by molar-refractivity contribution is -0.143. The van der Waals surface area contributed by atoms with Gasteiger partial charge in [0.1, 0.15) is 5.78 Å². The van der Waals surface area contributed by atoms with Crippen LogP contribution in [0, 0.1) is 5.92 Å². The van der Waals surface area contributed by atoms with Crippen molar-refractivity contribution in [2.75, 3.05) is 13.7 Å². The van der Waals surface area contributed by atoms with E-state index in [1.54, 1.807) is 32.0 Å². The molecule has 0 aromatic heterocycles. The van der Waals surface area contributed by atoms with Crippen molar-refractivity contribution in [3.8, 4) is 0 Å². The second-order valence-corrected chi connectivity index (χ2v) is 7.23. The van der Waals surface area contributed by atoms with Gasteiger partial charge in [0.25, 0.3) is 0 Å². The van der Waals surface area contributed by atoms with Crippen LogP contribution in [0.3, 0.4) is 0 Å². The topological polar surface area (TPSA) is 128 Å². The molecule has 0 fully saturated rings. The minimum absolute atomic E-state index is 0.146. The molecule has 2 atom stereocenters. The van der Waals surface area contributed by atoms with E-state index >= 15 is 0 Å². The molecular weight excluding hydrogens is 353 g/mol. The zero-order valence-electron chi connectivity index (χ0n) is 14.0. The zero-order chi connectivity index (χ0) is 19.0. The Morgan fingerprint density at radius 3 is 2.32 bits per heavy atom. The number of carbonyl (C=O) groups excluding carboxylic acids is 3. The summed E-state index contributed by atoms with van der Waals surface area (Å²) in [5, 5.41) is 2.13. The maximum atomic E-state index is 12.2. The molecule has 1 rings (SSSR count). The molecule has 2 N–H and O–H groups in total. The van der Waals surface area contributed by atoms with E-state index in [4.69, 9.17) is 0 Å². The first kappa shape index (κ1) is 20.8. The van der Waals surface area contributed by atoms with Gasteiger partial charge in [-0.2, -0.15) is 0 Å². The second kappa shape index (κ2) is 9.31. The summed E-state index contributed by atoms with van der Waals surface area (Å²) in [6.07, 6.45) is -1.21. The van der Waals surface area contributed by atoms with Gasteiger partial charge in [-0.25, -0.2) is 14.4 Å². The minimum atomic E-state index is -4.42. The van der Waals surface area contributed by atoms with Gasteiger partial charge in [-0.15, -0.1) is 0 Å². The second-order valence-electron chi connectivity index (χ2n) is 5.29. The Balaban J connectivity index is 2.73. The number of rotatable bonds is 7. The van der Waals surface area contributed by atoms with Gasteiger partial charge in [-0.1, -0.05) is 32.0 Å². The van der Waals surface area contributed by atoms with Crippen LogP contribution in [0.25, 0.3) is 0 Å². The minimum Gasteiger partial charge on any atom is -0.467 e. The standard InChI is InChI=1S/C15H20NO8P/c1-10(2)13(25(20,21)23-9-12(17)22-3)16-15(19)24-14(18)11-7-5-4-6-8-11/h4-8,10,13H,9H2,1-3H3,(H,16,19)(H,20,21)/t13-/m0/s1. The van der Waals surface area contributed by atoms with Crippen molar-refractivity contribution in [1.82, 2.24) is 5.32 Å². The molecule has 1 amide bonds. The monoisotopic (exact) mass is 373 g/mol. The fourth-order valence-corrected chi connectivity index (χ4v) is 3.25. The maximum absolute atomic E-state index is 12.2. The van der Waals surface area contributed by atoms with Crippen molar-refractivity contribution in [3.05, 3.63) is 35.9 Å². The Hall–Kier alpha value is -2.22. The number of alkyl carbamates (subject to hydrolysis) is 1. The van der Waals surface area contributed by atoms with Crippen LogP contribution in [0.2, 0.25) is 0 Å².